The van der Waals surface area contributed by atoms with Gasteiger partial charge in [-0.3, -0.25) is 0 Å². The van der Waals surface area contributed by atoms with Crippen LogP contribution in [-0.4, -0.2) is 12.4 Å². The minimum atomic E-state index is -0.445. The van der Waals surface area contributed by atoms with Gasteiger partial charge in [-0.15, -0.1) is 0 Å². The van der Waals surface area contributed by atoms with Crippen LogP contribution in [0.5, 0.6) is 5.75 Å². The number of benzene rings is 1. The predicted octanol–water partition coefficient (Wildman–Crippen LogP) is 3.74. The summed E-state index contributed by atoms with van der Waals surface area (Å²) in [4.78, 5) is 0. The second-order valence-corrected chi connectivity index (χ2v) is 4.91. The molecule has 0 N–H and O–H groups in total. The molecular formula is C12H15BrO2. The number of ether oxygens (including phenoxy) is 2. The molecule has 82 valence electrons. The Kier molecular flexibility index (Phi) is 3.32. The molecule has 0 spiro atoms. The zero-order valence-corrected chi connectivity index (χ0v) is 10.4. The third-order valence-electron chi connectivity index (χ3n) is 2.56. The molecule has 0 amide bonds. The van der Waals surface area contributed by atoms with Gasteiger partial charge in [-0.05, 0) is 31.0 Å². The molecule has 0 aromatic heterocycles. The average molecular weight is 271 g/mol. The van der Waals surface area contributed by atoms with Crippen LogP contribution in [0.25, 0.3) is 0 Å². The maximum absolute atomic E-state index is 5.87. The Morgan fingerprint density at radius 3 is 2.93 bits per heavy atom. The first-order valence-corrected chi connectivity index (χ1v) is 6.06. The predicted molar refractivity (Wildman–Crippen MR) is 63.0 cm³/mol. The van der Waals surface area contributed by atoms with E-state index in [2.05, 4.69) is 15.9 Å². The van der Waals surface area contributed by atoms with E-state index in [1.54, 1.807) is 0 Å². The Labute approximate surface area is 98.7 Å². The van der Waals surface area contributed by atoms with Gasteiger partial charge in [-0.25, -0.2) is 0 Å². The van der Waals surface area contributed by atoms with Gasteiger partial charge >= 0.3 is 0 Å². The van der Waals surface area contributed by atoms with Crippen LogP contribution in [-0.2, 0) is 4.74 Å². The fraction of sp³-hybridized carbons (Fsp3) is 0.500. The van der Waals surface area contributed by atoms with E-state index in [1.165, 1.54) is 6.42 Å². The fourth-order valence-corrected chi connectivity index (χ4v) is 2.15. The SMILES string of the molecule is CC1(Oc2cccc(Br)c2)CCCCO1. The zero-order chi connectivity index (χ0) is 10.7. The third kappa shape index (κ3) is 2.95. The van der Waals surface area contributed by atoms with Crippen molar-refractivity contribution in [3.63, 3.8) is 0 Å². The first kappa shape index (κ1) is 11.0. The smallest absolute Gasteiger partial charge is 0.207 e. The quantitative estimate of drug-likeness (QED) is 0.815. The Balaban J connectivity index is 2.06. The zero-order valence-electron chi connectivity index (χ0n) is 8.83. The second kappa shape index (κ2) is 4.54. The molecule has 15 heavy (non-hydrogen) atoms. The van der Waals surface area contributed by atoms with Gasteiger partial charge in [0.05, 0.1) is 6.61 Å². The molecule has 1 aliphatic heterocycles. The number of rotatable bonds is 2. The molecule has 2 nitrogen and oxygen atoms in total. The van der Waals surface area contributed by atoms with E-state index in [0.717, 1.165) is 29.7 Å². The van der Waals surface area contributed by atoms with Gasteiger partial charge in [-0.2, -0.15) is 0 Å². The van der Waals surface area contributed by atoms with Crippen molar-refractivity contribution in [2.75, 3.05) is 6.61 Å². The molecule has 1 fully saturated rings. The molecule has 0 bridgehead atoms. The summed E-state index contributed by atoms with van der Waals surface area (Å²) in [6.45, 7) is 2.80. The van der Waals surface area contributed by atoms with Crippen LogP contribution in [0.1, 0.15) is 26.2 Å². The molecule has 1 aliphatic rings. The van der Waals surface area contributed by atoms with Crippen molar-refractivity contribution in [3.8, 4) is 5.75 Å². The van der Waals surface area contributed by atoms with Crippen molar-refractivity contribution in [2.24, 2.45) is 0 Å². The van der Waals surface area contributed by atoms with E-state index in [4.69, 9.17) is 9.47 Å². The standard InChI is InChI=1S/C12H15BrO2/c1-12(7-2-3-8-14-12)15-11-6-4-5-10(13)9-11/h4-6,9H,2-3,7-8H2,1H3. The molecule has 3 heteroatoms. The highest BCUT2D eigenvalue weighted by atomic mass is 79.9. The van der Waals surface area contributed by atoms with E-state index in [9.17, 15) is 0 Å². The first-order valence-electron chi connectivity index (χ1n) is 5.26. The van der Waals surface area contributed by atoms with Crippen LogP contribution in [0.2, 0.25) is 0 Å². The molecule has 0 radical (unpaired) electrons. The summed E-state index contributed by atoms with van der Waals surface area (Å²) in [5.74, 6) is 0.410. The fourth-order valence-electron chi connectivity index (χ4n) is 1.77. The summed E-state index contributed by atoms with van der Waals surface area (Å²) in [6.07, 6.45) is 3.27. The van der Waals surface area contributed by atoms with Gasteiger partial charge < -0.3 is 9.47 Å². The summed E-state index contributed by atoms with van der Waals surface area (Å²) in [7, 11) is 0. The van der Waals surface area contributed by atoms with Gasteiger partial charge in [0.2, 0.25) is 5.79 Å². The summed E-state index contributed by atoms with van der Waals surface area (Å²) >= 11 is 3.42. The van der Waals surface area contributed by atoms with Crippen LogP contribution < -0.4 is 4.74 Å². The van der Waals surface area contributed by atoms with E-state index in [0.29, 0.717) is 0 Å². The Morgan fingerprint density at radius 2 is 2.27 bits per heavy atom. The maximum atomic E-state index is 5.87. The van der Waals surface area contributed by atoms with Crippen LogP contribution in [0.3, 0.4) is 0 Å². The lowest BCUT2D eigenvalue weighted by atomic mass is 10.1. The molecule has 0 saturated carbocycles. The summed E-state index contributed by atoms with van der Waals surface area (Å²) in [5, 5.41) is 0. The van der Waals surface area contributed by atoms with Crippen molar-refractivity contribution in [3.05, 3.63) is 28.7 Å². The summed E-state index contributed by atoms with van der Waals surface area (Å²) < 4.78 is 12.6. The largest absolute Gasteiger partial charge is 0.463 e. The van der Waals surface area contributed by atoms with E-state index < -0.39 is 5.79 Å². The highest BCUT2D eigenvalue weighted by molar-refractivity contribution is 9.10. The topological polar surface area (TPSA) is 18.5 Å². The van der Waals surface area contributed by atoms with Crippen LogP contribution in [0.15, 0.2) is 28.7 Å². The van der Waals surface area contributed by atoms with Gasteiger partial charge in [0.25, 0.3) is 0 Å². The second-order valence-electron chi connectivity index (χ2n) is 4.00. The lowest BCUT2D eigenvalue weighted by Gasteiger charge is -2.34. The Morgan fingerprint density at radius 1 is 1.40 bits per heavy atom. The highest BCUT2D eigenvalue weighted by Gasteiger charge is 2.29. The minimum Gasteiger partial charge on any atom is -0.463 e. The van der Waals surface area contributed by atoms with Crippen LogP contribution >= 0.6 is 15.9 Å². The molecular weight excluding hydrogens is 256 g/mol. The third-order valence-corrected chi connectivity index (χ3v) is 3.06. The highest BCUT2D eigenvalue weighted by Crippen LogP contribution is 2.29. The molecule has 1 heterocycles. The lowest BCUT2D eigenvalue weighted by Crippen LogP contribution is -2.38. The van der Waals surface area contributed by atoms with E-state index in [1.807, 2.05) is 31.2 Å². The molecule has 0 aliphatic carbocycles. The Bertz CT molecular complexity index is 332. The van der Waals surface area contributed by atoms with Crippen molar-refractivity contribution in [1.29, 1.82) is 0 Å². The average Bonchev–Trinajstić information content (AvgIpc) is 2.18. The van der Waals surface area contributed by atoms with Crippen molar-refractivity contribution >= 4 is 15.9 Å². The van der Waals surface area contributed by atoms with E-state index in [-0.39, 0.29) is 0 Å². The van der Waals surface area contributed by atoms with Gasteiger partial charge in [0.1, 0.15) is 5.75 Å². The van der Waals surface area contributed by atoms with Crippen molar-refractivity contribution in [1.82, 2.24) is 0 Å². The van der Waals surface area contributed by atoms with Crippen molar-refractivity contribution < 1.29 is 9.47 Å². The Hall–Kier alpha value is -0.540. The molecule has 1 unspecified atom stereocenters. The number of hydrogen-bond donors (Lipinski definition) is 0. The van der Waals surface area contributed by atoms with Gasteiger partial charge in [0.15, 0.2) is 0 Å². The molecule has 1 atom stereocenters. The molecule has 1 aromatic carbocycles. The normalized spacial score (nSPS) is 26.3. The summed E-state index contributed by atoms with van der Waals surface area (Å²) in [5.41, 5.74) is 0. The first-order chi connectivity index (χ1) is 7.18. The van der Waals surface area contributed by atoms with Gasteiger partial charge in [0, 0.05) is 17.8 Å². The maximum Gasteiger partial charge on any atom is 0.207 e. The monoisotopic (exact) mass is 270 g/mol. The summed E-state index contributed by atoms with van der Waals surface area (Å²) in [6, 6.07) is 7.86. The number of halogens is 1. The number of hydrogen-bond acceptors (Lipinski definition) is 2. The van der Waals surface area contributed by atoms with Gasteiger partial charge in [-0.1, -0.05) is 22.0 Å². The van der Waals surface area contributed by atoms with E-state index >= 15 is 0 Å². The van der Waals surface area contributed by atoms with Crippen molar-refractivity contribution in [2.45, 2.75) is 32.0 Å². The lowest BCUT2D eigenvalue weighted by molar-refractivity contribution is -0.192. The minimum absolute atomic E-state index is 0.445. The molecule has 1 saturated heterocycles. The van der Waals surface area contributed by atoms with Crippen LogP contribution in [0.4, 0.5) is 0 Å². The molecule has 2 rings (SSSR count). The molecule has 1 aromatic rings. The van der Waals surface area contributed by atoms with Crippen LogP contribution in [0, 0.1) is 0 Å².